The minimum atomic E-state index is 0.888. The zero-order valence-corrected chi connectivity index (χ0v) is 14.6. The second-order valence-electron chi connectivity index (χ2n) is 6.56. The Morgan fingerprint density at radius 1 is 1.19 bits per heavy atom. The number of pyridine rings is 1. The summed E-state index contributed by atoms with van der Waals surface area (Å²) in [6, 6.07) is 2.26. The Hall–Kier alpha value is -0.610. The molecule has 0 saturated carbocycles. The second-order valence-corrected chi connectivity index (χ2v) is 7.12. The molecule has 21 heavy (non-hydrogen) atoms. The highest BCUT2D eigenvalue weighted by Crippen LogP contribution is 2.26. The van der Waals surface area contributed by atoms with E-state index in [9.17, 15) is 0 Å². The van der Waals surface area contributed by atoms with Crippen LogP contribution >= 0.6 is 15.9 Å². The lowest BCUT2D eigenvalue weighted by molar-refractivity contribution is 0.249. The standard InChI is InChI=1S/C17H26BrN3/c1-14-10-16(11-18)12-19-17(14)21-8-4-15(5-9-21)13-20-6-2-3-7-20/h10,12,15H,2-9,11,13H2,1H3. The second kappa shape index (κ2) is 7.10. The minimum absolute atomic E-state index is 0.888. The van der Waals surface area contributed by atoms with Crippen molar-refractivity contribution < 1.29 is 0 Å². The molecule has 2 aliphatic rings. The molecule has 3 heterocycles. The minimum Gasteiger partial charge on any atom is -0.356 e. The van der Waals surface area contributed by atoms with Gasteiger partial charge in [0.1, 0.15) is 5.82 Å². The molecule has 1 aromatic heterocycles. The van der Waals surface area contributed by atoms with Crippen LogP contribution in [0.3, 0.4) is 0 Å². The third-order valence-electron chi connectivity index (χ3n) is 4.89. The van der Waals surface area contributed by atoms with Crippen molar-refractivity contribution in [3.05, 3.63) is 23.4 Å². The maximum Gasteiger partial charge on any atom is 0.131 e. The first-order valence-corrected chi connectivity index (χ1v) is 9.37. The predicted molar refractivity (Wildman–Crippen MR) is 92.2 cm³/mol. The Kier molecular flexibility index (Phi) is 5.17. The van der Waals surface area contributed by atoms with Gasteiger partial charge in [0, 0.05) is 31.2 Å². The van der Waals surface area contributed by atoms with E-state index in [4.69, 9.17) is 0 Å². The fourth-order valence-electron chi connectivity index (χ4n) is 3.69. The van der Waals surface area contributed by atoms with Gasteiger partial charge < -0.3 is 9.80 Å². The van der Waals surface area contributed by atoms with Crippen LogP contribution in [0, 0.1) is 12.8 Å². The molecular formula is C17H26BrN3. The molecule has 3 nitrogen and oxygen atoms in total. The molecule has 0 spiro atoms. The van der Waals surface area contributed by atoms with Crippen molar-refractivity contribution in [3.63, 3.8) is 0 Å². The summed E-state index contributed by atoms with van der Waals surface area (Å²) in [5.41, 5.74) is 2.57. The lowest BCUT2D eigenvalue weighted by atomic mass is 9.96. The van der Waals surface area contributed by atoms with E-state index in [1.165, 1.54) is 75.4 Å². The zero-order chi connectivity index (χ0) is 14.7. The molecule has 2 aliphatic heterocycles. The number of nitrogens with zero attached hydrogens (tertiary/aromatic N) is 3. The van der Waals surface area contributed by atoms with Crippen molar-refractivity contribution in [1.82, 2.24) is 9.88 Å². The van der Waals surface area contributed by atoms with Gasteiger partial charge in [0.15, 0.2) is 0 Å². The van der Waals surface area contributed by atoms with Crippen molar-refractivity contribution in [2.45, 2.75) is 37.9 Å². The summed E-state index contributed by atoms with van der Waals surface area (Å²) in [7, 11) is 0. The van der Waals surface area contributed by atoms with E-state index in [1.54, 1.807) is 0 Å². The lowest BCUT2D eigenvalue weighted by Gasteiger charge is -2.35. The normalized spacial score (nSPS) is 21.1. The molecule has 0 aliphatic carbocycles. The Bertz CT molecular complexity index is 463. The Morgan fingerprint density at radius 2 is 1.90 bits per heavy atom. The molecule has 0 radical (unpaired) electrons. The molecule has 2 fully saturated rings. The van der Waals surface area contributed by atoms with Gasteiger partial charge in [0.2, 0.25) is 0 Å². The summed E-state index contributed by atoms with van der Waals surface area (Å²) in [5, 5.41) is 0.888. The molecule has 0 atom stereocenters. The van der Waals surface area contributed by atoms with E-state index in [2.05, 4.69) is 43.7 Å². The van der Waals surface area contributed by atoms with Crippen LogP contribution in [0.4, 0.5) is 5.82 Å². The molecule has 1 aromatic rings. The van der Waals surface area contributed by atoms with Crippen molar-refractivity contribution in [1.29, 1.82) is 0 Å². The molecule has 0 bridgehead atoms. The number of hydrogen-bond donors (Lipinski definition) is 0. The van der Waals surface area contributed by atoms with E-state index < -0.39 is 0 Å². The van der Waals surface area contributed by atoms with Crippen LogP contribution in [0.1, 0.15) is 36.8 Å². The van der Waals surface area contributed by atoms with Gasteiger partial charge in [-0.1, -0.05) is 22.0 Å². The number of rotatable bonds is 4. The van der Waals surface area contributed by atoms with Gasteiger partial charge in [0.25, 0.3) is 0 Å². The topological polar surface area (TPSA) is 19.4 Å². The average molecular weight is 352 g/mol. The molecule has 0 amide bonds. The van der Waals surface area contributed by atoms with Gasteiger partial charge >= 0.3 is 0 Å². The number of halogens is 1. The van der Waals surface area contributed by atoms with Gasteiger partial charge in [0.05, 0.1) is 0 Å². The van der Waals surface area contributed by atoms with Crippen LogP contribution in [-0.2, 0) is 5.33 Å². The van der Waals surface area contributed by atoms with Gasteiger partial charge in [-0.15, -0.1) is 0 Å². The zero-order valence-electron chi connectivity index (χ0n) is 13.0. The largest absolute Gasteiger partial charge is 0.356 e. The average Bonchev–Trinajstić information content (AvgIpc) is 3.01. The molecule has 0 N–H and O–H groups in total. The monoisotopic (exact) mass is 351 g/mol. The fourth-order valence-corrected chi connectivity index (χ4v) is 3.99. The quantitative estimate of drug-likeness (QED) is 0.772. The molecule has 116 valence electrons. The van der Waals surface area contributed by atoms with Crippen LogP contribution in [-0.4, -0.2) is 42.6 Å². The van der Waals surface area contributed by atoms with E-state index >= 15 is 0 Å². The number of aryl methyl sites for hydroxylation is 1. The first kappa shape index (κ1) is 15.3. The molecule has 0 aromatic carbocycles. The number of anilines is 1. The van der Waals surface area contributed by atoms with Crippen molar-refractivity contribution in [3.8, 4) is 0 Å². The summed E-state index contributed by atoms with van der Waals surface area (Å²) in [6.07, 6.45) is 7.45. The number of likely N-dealkylation sites (tertiary alicyclic amines) is 1. The van der Waals surface area contributed by atoms with E-state index in [-0.39, 0.29) is 0 Å². The number of alkyl halides is 1. The number of hydrogen-bond acceptors (Lipinski definition) is 3. The molecular weight excluding hydrogens is 326 g/mol. The Morgan fingerprint density at radius 3 is 2.52 bits per heavy atom. The third kappa shape index (κ3) is 3.78. The number of aromatic nitrogens is 1. The highest BCUT2D eigenvalue weighted by molar-refractivity contribution is 9.08. The maximum atomic E-state index is 4.69. The van der Waals surface area contributed by atoms with Crippen LogP contribution in [0.25, 0.3) is 0 Å². The number of piperidine rings is 1. The SMILES string of the molecule is Cc1cc(CBr)cnc1N1CCC(CN2CCCC2)CC1. The van der Waals surface area contributed by atoms with Crippen molar-refractivity contribution >= 4 is 21.7 Å². The first-order chi connectivity index (χ1) is 10.3. The third-order valence-corrected chi connectivity index (χ3v) is 5.54. The van der Waals surface area contributed by atoms with Crippen molar-refractivity contribution in [2.75, 3.05) is 37.6 Å². The highest BCUT2D eigenvalue weighted by Gasteiger charge is 2.24. The summed E-state index contributed by atoms with van der Waals surface area (Å²) < 4.78 is 0. The molecule has 4 heteroatoms. The van der Waals surface area contributed by atoms with Crippen molar-refractivity contribution in [2.24, 2.45) is 5.92 Å². The van der Waals surface area contributed by atoms with Crippen LogP contribution in [0.5, 0.6) is 0 Å². The van der Waals surface area contributed by atoms with Crippen LogP contribution in [0.15, 0.2) is 12.3 Å². The predicted octanol–water partition coefficient (Wildman–Crippen LogP) is 3.60. The smallest absolute Gasteiger partial charge is 0.131 e. The van der Waals surface area contributed by atoms with Crippen LogP contribution in [0.2, 0.25) is 0 Å². The van der Waals surface area contributed by atoms with Crippen LogP contribution < -0.4 is 4.90 Å². The van der Waals surface area contributed by atoms with Gasteiger partial charge in [-0.05, 0) is 62.7 Å². The Labute approximate surface area is 136 Å². The summed E-state index contributed by atoms with van der Waals surface area (Å²) in [6.45, 7) is 8.50. The van der Waals surface area contributed by atoms with Gasteiger partial charge in [-0.2, -0.15) is 0 Å². The molecule has 0 unspecified atom stereocenters. The Balaban J connectivity index is 1.55. The van der Waals surface area contributed by atoms with E-state index in [0.717, 1.165) is 11.2 Å². The fraction of sp³-hybridized carbons (Fsp3) is 0.706. The summed E-state index contributed by atoms with van der Waals surface area (Å²) in [4.78, 5) is 9.83. The van der Waals surface area contributed by atoms with E-state index in [1.807, 2.05) is 6.20 Å². The molecule has 2 saturated heterocycles. The maximum absolute atomic E-state index is 4.69. The highest BCUT2D eigenvalue weighted by atomic mass is 79.9. The lowest BCUT2D eigenvalue weighted by Crippen LogP contribution is -2.38. The van der Waals surface area contributed by atoms with Gasteiger partial charge in [-0.25, -0.2) is 4.98 Å². The van der Waals surface area contributed by atoms with E-state index in [0.29, 0.717) is 0 Å². The first-order valence-electron chi connectivity index (χ1n) is 8.25. The summed E-state index contributed by atoms with van der Waals surface area (Å²) in [5.74, 6) is 2.08. The molecule has 3 rings (SSSR count). The van der Waals surface area contributed by atoms with Gasteiger partial charge in [-0.3, -0.25) is 0 Å². The summed E-state index contributed by atoms with van der Waals surface area (Å²) >= 11 is 3.50.